The third-order valence-electron chi connectivity index (χ3n) is 5.02. The normalized spacial score (nSPS) is 26.5. The van der Waals surface area contributed by atoms with Crippen LogP contribution in [0.1, 0.15) is 5.69 Å². The standard InChI is InChI=1S/C21H28N2O7/c1-25-17-16(30-21(28-4)19(27-3)18(17)26-2)12-29-15-7-5-6-13(10-15)20-22-9-8-14(11-24)23-20/h5-10,16-19,21,24H,11-12H2,1-4H3/t16-,17-,18+,19+,21+/m1/s1. The minimum absolute atomic E-state index is 0.146. The summed E-state index contributed by atoms with van der Waals surface area (Å²) in [6.07, 6.45) is -0.648. The van der Waals surface area contributed by atoms with Gasteiger partial charge in [-0.2, -0.15) is 0 Å². The molecule has 0 aliphatic carbocycles. The molecule has 0 saturated carbocycles. The molecular formula is C21H28N2O7. The summed E-state index contributed by atoms with van der Waals surface area (Å²) in [5.41, 5.74) is 1.33. The number of aliphatic hydroxyl groups excluding tert-OH is 1. The Bertz CT molecular complexity index is 806. The highest BCUT2D eigenvalue weighted by molar-refractivity contribution is 5.57. The van der Waals surface area contributed by atoms with Crippen LogP contribution in [0.25, 0.3) is 11.4 Å². The van der Waals surface area contributed by atoms with Gasteiger partial charge in [0.1, 0.15) is 36.8 Å². The fourth-order valence-electron chi connectivity index (χ4n) is 3.53. The van der Waals surface area contributed by atoms with Gasteiger partial charge in [-0.15, -0.1) is 0 Å². The van der Waals surface area contributed by atoms with Gasteiger partial charge in [-0.3, -0.25) is 0 Å². The van der Waals surface area contributed by atoms with Crippen LogP contribution in [-0.4, -0.2) is 80.8 Å². The van der Waals surface area contributed by atoms with Crippen LogP contribution < -0.4 is 4.74 Å². The van der Waals surface area contributed by atoms with E-state index in [-0.39, 0.29) is 19.3 Å². The number of aromatic nitrogens is 2. The first-order valence-corrected chi connectivity index (χ1v) is 9.57. The Morgan fingerprint density at radius 2 is 1.73 bits per heavy atom. The van der Waals surface area contributed by atoms with Crippen molar-refractivity contribution in [3.63, 3.8) is 0 Å². The number of benzene rings is 1. The molecule has 9 heteroatoms. The second kappa shape index (κ2) is 10.8. The lowest BCUT2D eigenvalue weighted by atomic mass is 9.98. The number of methoxy groups -OCH3 is 4. The van der Waals surface area contributed by atoms with Crippen molar-refractivity contribution in [2.75, 3.05) is 35.0 Å². The summed E-state index contributed by atoms with van der Waals surface area (Å²) in [5.74, 6) is 1.14. The van der Waals surface area contributed by atoms with Gasteiger partial charge < -0.3 is 33.5 Å². The molecule has 1 aromatic heterocycles. The highest BCUT2D eigenvalue weighted by atomic mass is 16.7. The summed E-state index contributed by atoms with van der Waals surface area (Å²) in [5, 5.41) is 9.29. The lowest BCUT2D eigenvalue weighted by molar-refractivity contribution is -0.305. The molecule has 1 N–H and O–H groups in total. The van der Waals surface area contributed by atoms with Crippen LogP contribution in [0.2, 0.25) is 0 Å². The fourth-order valence-corrected chi connectivity index (χ4v) is 3.53. The van der Waals surface area contributed by atoms with Crippen molar-refractivity contribution in [2.45, 2.75) is 37.3 Å². The Labute approximate surface area is 175 Å². The smallest absolute Gasteiger partial charge is 0.186 e. The van der Waals surface area contributed by atoms with Gasteiger partial charge in [0.25, 0.3) is 0 Å². The van der Waals surface area contributed by atoms with E-state index < -0.39 is 24.6 Å². The van der Waals surface area contributed by atoms with E-state index in [1.807, 2.05) is 24.3 Å². The maximum absolute atomic E-state index is 9.29. The molecule has 9 nitrogen and oxygen atoms in total. The molecule has 1 aliphatic rings. The second-order valence-electron chi connectivity index (χ2n) is 6.75. The predicted molar refractivity (Wildman–Crippen MR) is 107 cm³/mol. The lowest BCUT2D eigenvalue weighted by Gasteiger charge is -2.44. The van der Waals surface area contributed by atoms with Gasteiger partial charge in [0.2, 0.25) is 0 Å². The van der Waals surface area contributed by atoms with E-state index in [9.17, 15) is 5.11 Å². The van der Waals surface area contributed by atoms with Crippen LogP contribution in [0, 0.1) is 0 Å². The molecule has 1 saturated heterocycles. The van der Waals surface area contributed by atoms with Crippen molar-refractivity contribution in [3.05, 3.63) is 42.2 Å². The predicted octanol–water partition coefficient (Wildman–Crippen LogP) is 1.43. The van der Waals surface area contributed by atoms with Gasteiger partial charge in [-0.25, -0.2) is 9.97 Å². The zero-order chi connectivity index (χ0) is 21.5. The zero-order valence-corrected chi connectivity index (χ0v) is 17.6. The summed E-state index contributed by atoms with van der Waals surface area (Å²) < 4.78 is 34.2. The van der Waals surface area contributed by atoms with Crippen molar-refractivity contribution < 1.29 is 33.5 Å². The molecule has 164 valence electrons. The van der Waals surface area contributed by atoms with Gasteiger partial charge in [0.15, 0.2) is 12.1 Å². The van der Waals surface area contributed by atoms with Crippen molar-refractivity contribution >= 4 is 0 Å². The van der Waals surface area contributed by atoms with Crippen molar-refractivity contribution in [1.29, 1.82) is 0 Å². The average molecular weight is 420 g/mol. The molecule has 0 bridgehead atoms. The molecule has 30 heavy (non-hydrogen) atoms. The first-order chi connectivity index (χ1) is 14.6. The van der Waals surface area contributed by atoms with Crippen LogP contribution in [0.5, 0.6) is 5.75 Å². The minimum Gasteiger partial charge on any atom is -0.491 e. The van der Waals surface area contributed by atoms with Crippen molar-refractivity contribution in [2.24, 2.45) is 0 Å². The SMILES string of the molecule is CO[C@H]1O[C@H](COc2cccc(-c3nccc(CO)n3)c2)[C@@H](OC)[C@H](OC)[C@@H]1OC. The summed E-state index contributed by atoms with van der Waals surface area (Å²) >= 11 is 0. The fraction of sp³-hybridized carbons (Fsp3) is 0.524. The van der Waals surface area contributed by atoms with Crippen molar-refractivity contribution in [1.82, 2.24) is 9.97 Å². The highest BCUT2D eigenvalue weighted by Gasteiger charge is 2.47. The average Bonchev–Trinajstić information content (AvgIpc) is 2.81. The summed E-state index contributed by atoms with van der Waals surface area (Å²) in [6, 6.07) is 9.07. The Kier molecular flexibility index (Phi) is 8.08. The number of rotatable bonds is 9. The summed E-state index contributed by atoms with van der Waals surface area (Å²) in [4.78, 5) is 8.59. The number of aliphatic hydroxyl groups is 1. The van der Waals surface area contributed by atoms with Gasteiger partial charge in [0.05, 0.1) is 12.3 Å². The first-order valence-electron chi connectivity index (χ1n) is 9.57. The maximum Gasteiger partial charge on any atom is 0.186 e. The molecule has 2 aromatic rings. The molecule has 0 unspecified atom stereocenters. The van der Waals surface area contributed by atoms with Gasteiger partial charge in [-0.1, -0.05) is 12.1 Å². The van der Waals surface area contributed by atoms with Crippen LogP contribution in [0.3, 0.4) is 0 Å². The molecular weight excluding hydrogens is 392 g/mol. The molecule has 5 atom stereocenters. The van der Waals surface area contributed by atoms with E-state index >= 15 is 0 Å². The van der Waals surface area contributed by atoms with Crippen LogP contribution >= 0.6 is 0 Å². The quantitative estimate of drug-likeness (QED) is 0.645. The van der Waals surface area contributed by atoms with Gasteiger partial charge in [-0.05, 0) is 18.2 Å². The summed E-state index contributed by atoms with van der Waals surface area (Å²) in [6.45, 7) is 0.0720. The molecule has 1 fully saturated rings. The Morgan fingerprint density at radius 3 is 2.40 bits per heavy atom. The topological polar surface area (TPSA) is 101 Å². The van der Waals surface area contributed by atoms with Crippen molar-refractivity contribution in [3.8, 4) is 17.1 Å². The molecule has 0 spiro atoms. The highest BCUT2D eigenvalue weighted by Crippen LogP contribution is 2.28. The largest absolute Gasteiger partial charge is 0.491 e. The molecule has 0 amide bonds. The van der Waals surface area contributed by atoms with E-state index in [0.29, 0.717) is 17.3 Å². The Morgan fingerprint density at radius 1 is 0.967 bits per heavy atom. The number of hydrogen-bond donors (Lipinski definition) is 1. The minimum atomic E-state index is -0.610. The molecule has 2 heterocycles. The van der Waals surface area contributed by atoms with E-state index in [4.69, 9.17) is 28.4 Å². The number of nitrogens with zero attached hydrogens (tertiary/aromatic N) is 2. The Hall–Kier alpha value is -2.14. The van der Waals surface area contributed by atoms with E-state index in [2.05, 4.69) is 9.97 Å². The van der Waals surface area contributed by atoms with E-state index in [1.54, 1.807) is 40.7 Å². The van der Waals surface area contributed by atoms with E-state index in [1.165, 1.54) is 0 Å². The summed E-state index contributed by atoms with van der Waals surface area (Å²) in [7, 11) is 6.33. The van der Waals surface area contributed by atoms with Crippen LogP contribution in [0.4, 0.5) is 0 Å². The van der Waals surface area contributed by atoms with Crippen LogP contribution in [0.15, 0.2) is 36.5 Å². The van der Waals surface area contributed by atoms with Crippen LogP contribution in [-0.2, 0) is 30.3 Å². The monoisotopic (exact) mass is 420 g/mol. The lowest BCUT2D eigenvalue weighted by Crippen LogP contribution is -2.61. The molecule has 3 rings (SSSR count). The number of hydrogen-bond acceptors (Lipinski definition) is 9. The number of ether oxygens (including phenoxy) is 6. The third kappa shape index (κ3) is 4.94. The Balaban J connectivity index is 1.74. The molecule has 0 radical (unpaired) electrons. The van der Waals surface area contributed by atoms with Gasteiger partial charge >= 0.3 is 0 Å². The third-order valence-corrected chi connectivity index (χ3v) is 5.02. The maximum atomic E-state index is 9.29. The molecule has 1 aromatic carbocycles. The molecule has 1 aliphatic heterocycles. The zero-order valence-electron chi connectivity index (χ0n) is 17.6. The second-order valence-corrected chi connectivity index (χ2v) is 6.75. The first kappa shape index (κ1) is 22.5. The van der Waals surface area contributed by atoms with E-state index in [0.717, 1.165) is 5.56 Å². The van der Waals surface area contributed by atoms with Gasteiger partial charge in [0, 0.05) is 40.2 Å².